The van der Waals surface area contributed by atoms with Crippen LogP contribution in [0.2, 0.25) is 0 Å². The third-order valence-corrected chi connectivity index (χ3v) is 4.24. The fourth-order valence-corrected chi connectivity index (χ4v) is 3.01. The van der Waals surface area contributed by atoms with Crippen molar-refractivity contribution in [2.45, 2.75) is 31.7 Å². The van der Waals surface area contributed by atoms with E-state index in [2.05, 4.69) is 27.3 Å². The summed E-state index contributed by atoms with van der Waals surface area (Å²) in [4.78, 5) is 0. The van der Waals surface area contributed by atoms with Gasteiger partial charge in [0.2, 0.25) is 0 Å². The van der Waals surface area contributed by atoms with E-state index in [9.17, 15) is 5.11 Å². The molecule has 0 spiro atoms. The fourth-order valence-electron chi connectivity index (χ4n) is 2.52. The maximum Gasteiger partial charge on any atom is 0.0992 e. The van der Waals surface area contributed by atoms with E-state index in [4.69, 9.17) is 5.26 Å². The van der Waals surface area contributed by atoms with Crippen molar-refractivity contribution in [1.82, 2.24) is 0 Å². The predicted molar refractivity (Wildman–Crippen MR) is 75.3 cm³/mol. The van der Waals surface area contributed by atoms with Crippen LogP contribution < -0.4 is 5.32 Å². The second-order valence-electron chi connectivity index (χ2n) is 4.78. The third-order valence-electron chi connectivity index (χ3n) is 3.58. The van der Waals surface area contributed by atoms with E-state index in [1.54, 1.807) is 0 Å². The van der Waals surface area contributed by atoms with Crippen molar-refractivity contribution in [3.05, 3.63) is 28.2 Å². The highest BCUT2D eigenvalue weighted by Crippen LogP contribution is 2.30. The number of halogens is 1. The molecule has 0 saturated heterocycles. The molecule has 0 aromatic heterocycles. The number of hydrogen-bond donors (Lipinski definition) is 2. The van der Waals surface area contributed by atoms with Crippen LogP contribution in [0.15, 0.2) is 22.7 Å². The SMILES string of the molecule is N#Cc1ccc(NC2CCCCC2CO)c(Br)c1. The Morgan fingerprint density at radius 3 is 2.83 bits per heavy atom. The van der Waals surface area contributed by atoms with Crippen molar-refractivity contribution < 1.29 is 5.11 Å². The number of aliphatic hydroxyl groups is 1. The van der Waals surface area contributed by atoms with Crippen LogP contribution in [0.3, 0.4) is 0 Å². The van der Waals surface area contributed by atoms with Gasteiger partial charge in [-0.05, 0) is 47.0 Å². The van der Waals surface area contributed by atoms with Gasteiger partial charge in [0.25, 0.3) is 0 Å². The molecule has 2 rings (SSSR count). The van der Waals surface area contributed by atoms with Gasteiger partial charge in [0, 0.05) is 28.7 Å². The highest BCUT2D eigenvalue weighted by Gasteiger charge is 2.24. The second kappa shape index (κ2) is 6.21. The van der Waals surface area contributed by atoms with Crippen LogP contribution in [-0.2, 0) is 0 Å². The summed E-state index contributed by atoms with van der Waals surface area (Å²) in [5.74, 6) is 0.335. The highest BCUT2D eigenvalue weighted by molar-refractivity contribution is 9.10. The van der Waals surface area contributed by atoms with Gasteiger partial charge in [0.05, 0.1) is 11.6 Å². The van der Waals surface area contributed by atoms with Crippen LogP contribution in [0.4, 0.5) is 5.69 Å². The summed E-state index contributed by atoms with van der Waals surface area (Å²) in [7, 11) is 0. The molecule has 3 nitrogen and oxygen atoms in total. The number of benzene rings is 1. The van der Waals surface area contributed by atoms with Gasteiger partial charge in [-0.15, -0.1) is 0 Å². The van der Waals surface area contributed by atoms with Crippen molar-refractivity contribution in [2.24, 2.45) is 5.92 Å². The van der Waals surface area contributed by atoms with E-state index in [1.807, 2.05) is 18.2 Å². The summed E-state index contributed by atoms with van der Waals surface area (Å²) >= 11 is 3.48. The first-order valence-electron chi connectivity index (χ1n) is 6.31. The Labute approximate surface area is 116 Å². The smallest absolute Gasteiger partial charge is 0.0992 e. The maximum absolute atomic E-state index is 9.40. The lowest BCUT2D eigenvalue weighted by atomic mass is 9.85. The summed E-state index contributed by atoms with van der Waals surface area (Å²) in [5.41, 5.74) is 1.65. The summed E-state index contributed by atoms with van der Waals surface area (Å²) in [6.07, 6.45) is 4.60. The topological polar surface area (TPSA) is 56.0 Å². The molecule has 0 amide bonds. The standard InChI is InChI=1S/C14H17BrN2O/c15-12-7-10(8-16)5-6-14(12)17-13-4-2-1-3-11(13)9-18/h5-7,11,13,17-18H,1-4,9H2. The van der Waals surface area contributed by atoms with Crippen LogP contribution in [0.1, 0.15) is 31.2 Å². The van der Waals surface area contributed by atoms with Gasteiger partial charge in [-0.1, -0.05) is 12.8 Å². The number of aliphatic hydroxyl groups excluding tert-OH is 1. The number of rotatable bonds is 3. The quantitative estimate of drug-likeness (QED) is 0.901. The first-order chi connectivity index (χ1) is 8.74. The van der Waals surface area contributed by atoms with Crippen LogP contribution in [0.25, 0.3) is 0 Å². The Morgan fingerprint density at radius 1 is 1.39 bits per heavy atom. The number of anilines is 1. The molecule has 2 unspecified atom stereocenters. The predicted octanol–water partition coefficient (Wildman–Crippen LogP) is 3.28. The Hall–Kier alpha value is -1.05. The minimum Gasteiger partial charge on any atom is -0.396 e. The van der Waals surface area contributed by atoms with Gasteiger partial charge < -0.3 is 10.4 Å². The lowest BCUT2D eigenvalue weighted by Crippen LogP contribution is -2.34. The third kappa shape index (κ3) is 3.04. The molecule has 0 heterocycles. The first kappa shape index (κ1) is 13.4. The number of hydrogen-bond acceptors (Lipinski definition) is 3. The molecule has 96 valence electrons. The summed E-state index contributed by atoms with van der Waals surface area (Å²) < 4.78 is 0.906. The van der Waals surface area contributed by atoms with E-state index >= 15 is 0 Å². The van der Waals surface area contributed by atoms with Crippen molar-refractivity contribution >= 4 is 21.6 Å². The zero-order valence-electron chi connectivity index (χ0n) is 10.2. The Morgan fingerprint density at radius 2 is 2.17 bits per heavy atom. The van der Waals surface area contributed by atoms with E-state index in [0.717, 1.165) is 23.0 Å². The van der Waals surface area contributed by atoms with Crippen LogP contribution in [0, 0.1) is 17.2 Å². The normalized spacial score (nSPS) is 23.4. The summed E-state index contributed by atoms with van der Waals surface area (Å²) in [6.45, 7) is 0.242. The Kier molecular flexibility index (Phi) is 4.62. The summed E-state index contributed by atoms with van der Waals surface area (Å²) in [6, 6.07) is 8.00. The molecule has 1 aliphatic carbocycles. The molecule has 1 aromatic carbocycles. The largest absolute Gasteiger partial charge is 0.396 e. The molecule has 4 heteroatoms. The molecule has 1 aliphatic rings. The van der Waals surface area contributed by atoms with Crippen molar-refractivity contribution in [3.63, 3.8) is 0 Å². The molecular weight excluding hydrogens is 292 g/mol. The fraction of sp³-hybridized carbons (Fsp3) is 0.500. The molecule has 2 atom stereocenters. The molecule has 1 fully saturated rings. The number of nitrogens with zero attached hydrogens (tertiary/aromatic N) is 1. The van der Waals surface area contributed by atoms with Crippen molar-refractivity contribution in [2.75, 3.05) is 11.9 Å². The van der Waals surface area contributed by atoms with Crippen LogP contribution in [-0.4, -0.2) is 17.8 Å². The van der Waals surface area contributed by atoms with Crippen LogP contribution >= 0.6 is 15.9 Å². The average Bonchev–Trinajstić information content (AvgIpc) is 2.41. The molecule has 1 aromatic rings. The molecule has 0 radical (unpaired) electrons. The van der Waals surface area contributed by atoms with Gasteiger partial charge in [0.15, 0.2) is 0 Å². The molecule has 1 saturated carbocycles. The van der Waals surface area contributed by atoms with Crippen LogP contribution in [0.5, 0.6) is 0 Å². The first-order valence-corrected chi connectivity index (χ1v) is 7.11. The second-order valence-corrected chi connectivity index (χ2v) is 5.64. The molecule has 2 N–H and O–H groups in total. The minimum atomic E-state index is 0.242. The van der Waals surface area contributed by atoms with Gasteiger partial charge in [-0.2, -0.15) is 5.26 Å². The van der Waals surface area contributed by atoms with E-state index < -0.39 is 0 Å². The lowest BCUT2D eigenvalue weighted by molar-refractivity contribution is 0.178. The zero-order chi connectivity index (χ0) is 13.0. The number of nitrogens with one attached hydrogen (secondary N) is 1. The van der Waals surface area contributed by atoms with E-state index in [0.29, 0.717) is 17.5 Å². The summed E-state index contributed by atoms with van der Waals surface area (Å²) in [5, 5.41) is 21.7. The molecule has 0 aliphatic heterocycles. The average molecular weight is 309 g/mol. The monoisotopic (exact) mass is 308 g/mol. The van der Waals surface area contributed by atoms with Gasteiger partial charge in [-0.3, -0.25) is 0 Å². The van der Waals surface area contributed by atoms with Crippen molar-refractivity contribution in [3.8, 4) is 6.07 Å². The molecular formula is C14H17BrN2O. The zero-order valence-corrected chi connectivity index (χ0v) is 11.8. The Balaban J connectivity index is 2.10. The van der Waals surface area contributed by atoms with Crippen molar-refractivity contribution in [1.29, 1.82) is 5.26 Å². The molecule has 18 heavy (non-hydrogen) atoms. The maximum atomic E-state index is 9.40. The minimum absolute atomic E-state index is 0.242. The van der Waals surface area contributed by atoms with E-state index in [1.165, 1.54) is 12.8 Å². The Bertz CT molecular complexity index is 456. The van der Waals surface area contributed by atoms with E-state index in [-0.39, 0.29) is 6.61 Å². The number of nitriles is 1. The van der Waals surface area contributed by atoms with Gasteiger partial charge >= 0.3 is 0 Å². The van der Waals surface area contributed by atoms with Gasteiger partial charge in [0.1, 0.15) is 0 Å². The lowest BCUT2D eigenvalue weighted by Gasteiger charge is -2.32. The molecule has 0 bridgehead atoms. The highest BCUT2D eigenvalue weighted by atomic mass is 79.9. The van der Waals surface area contributed by atoms with Gasteiger partial charge in [-0.25, -0.2) is 0 Å².